The fourth-order valence-electron chi connectivity index (χ4n) is 2.47. The van der Waals surface area contributed by atoms with Crippen LogP contribution in [0.5, 0.6) is 5.75 Å². The molecule has 1 aromatic heterocycles. The predicted molar refractivity (Wildman–Crippen MR) is 129 cm³/mol. The molecule has 3 nitrogen and oxygen atoms in total. The van der Waals surface area contributed by atoms with Gasteiger partial charge in [0.15, 0.2) is 0 Å². The lowest BCUT2D eigenvalue weighted by molar-refractivity contribution is -0.274. The van der Waals surface area contributed by atoms with Crippen LogP contribution in [0.3, 0.4) is 0 Å². The van der Waals surface area contributed by atoms with Gasteiger partial charge < -0.3 is 4.74 Å². The van der Waals surface area contributed by atoms with Crippen LogP contribution in [0.15, 0.2) is 53.7 Å². The summed E-state index contributed by atoms with van der Waals surface area (Å²) in [6.45, 7) is 15.7. The molecule has 0 unspecified atom stereocenters. The van der Waals surface area contributed by atoms with E-state index in [9.17, 15) is 17.6 Å². The Morgan fingerprint density at radius 1 is 1.03 bits per heavy atom. The third-order valence-electron chi connectivity index (χ3n) is 4.16. The minimum Gasteiger partial charge on any atom is -0.406 e. The average Bonchev–Trinajstić information content (AvgIpc) is 2.71. The number of rotatable bonds is 7. The molecular weight excluding hydrogens is 432 g/mol. The number of hydrogen-bond donors (Lipinski definition) is 0. The number of benzene rings is 1. The summed E-state index contributed by atoms with van der Waals surface area (Å²) in [7, 11) is 0. The van der Waals surface area contributed by atoms with Crippen molar-refractivity contribution >= 4 is 11.4 Å². The quantitative estimate of drug-likeness (QED) is 0.231. The second kappa shape index (κ2) is 16.0. The Morgan fingerprint density at radius 3 is 2.09 bits per heavy atom. The molecule has 184 valence electrons. The summed E-state index contributed by atoms with van der Waals surface area (Å²) in [6, 6.07) is 7.10. The molecule has 2 rings (SSSR count). The van der Waals surface area contributed by atoms with Crippen molar-refractivity contribution in [3.63, 3.8) is 0 Å². The smallest absolute Gasteiger partial charge is 0.406 e. The van der Waals surface area contributed by atoms with Crippen molar-refractivity contribution in [1.82, 2.24) is 4.98 Å². The highest BCUT2D eigenvalue weighted by Gasteiger charge is 2.30. The highest BCUT2D eigenvalue weighted by atomic mass is 19.4. The van der Waals surface area contributed by atoms with Gasteiger partial charge in [0.25, 0.3) is 0 Å². The summed E-state index contributed by atoms with van der Waals surface area (Å²) >= 11 is 0. The Balaban J connectivity index is 0.000000509. The van der Waals surface area contributed by atoms with Gasteiger partial charge in [0.2, 0.25) is 0 Å². The van der Waals surface area contributed by atoms with Gasteiger partial charge in [0.05, 0.1) is 17.6 Å². The second-order valence-electron chi connectivity index (χ2n) is 7.78. The summed E-state index contributed by atoms with van der Waals surface area (Å²) in [6.07, 6.45) is 2.26. The van der Waals surface area contributed by atoms with Crippen LogP contribution in [0.1, 0.15) is 71.1 Å². The van der Waals surface area contributed by atoms with Crippen molar-refractivity contribution in [2.75, 3.05) is 0 Å². The topological polar surface area (TPSA) is 34.5 Å². The third-order valence-corrected chi connectivity index (χ3v) is 4.16. The lowest BCUT2D eigenvalue weighted by Gasteiger charge is -2.08. The molecule has 1 aromatic carbocycles. The normalized spacial score (nSPS) is 11.0. The van der Waals surface area contributed by atoms with Gasteiger partial charge in [-0.1, -0.05) is 50.0 Å². The number of pyridine rings is 1. The van der Waals surface area contributed by atoms with E-state index in [1.165, 1.54) is 42.8 Å². The maximum atomic E-state index is 12.9. The zero-order valence-corrected chi connectivity index (χ0v) is 20.5. The van der Waals surface area contributed by atoms with Crippen molar-refractivity contribution in [3.8, 4) is 5.75 Å². The number of aromatic nitrogens is 1. The monoisotopic (exact) mass is 468 g/mol. The maximum Gasteiger partial charge on any atom is 0.573 e. The molecular formula is C26H36F4N2O. The lowest BCUT2D eigenvalue weighted by Crippen LogP contribution is -2.16. The van der Waals surface area contributed by atoms with E-state index in [-0.39, 0.29) is 11.6 Å². The number of alkyl halides is 3. The molecule has 33 heavy (non-hydrogen) atoms. The van der Waals surface area contributed by atoms with Crippen LogP contribution >= 0.6 is 0 Å². The summed E-state index contributed by atoms with van der Waals surface area (Å²) in [5.74, 6) is -0.518. The van der Waals surface area contributed by atoms with Crippen molar-refractivity contribution in [3.05, 3.63) is 65.8 Å². The Bertz CT molecular complexity index is 860. The molecule has 0 fully saturated rings. The molecule has 0 bridgehead atoms. The highest BCUT2D eigenvalue weighted by molar-refractivity contribution is 5.84. The van der Waals surface area contributed by atoms with Gasteiger partial charge in [-0.25, -0.2) is 4.39 Å². The summed E-state index contributed by atoms with van der Waals surface area (Å²) in [5, 5.41) is 0. The maximum absolute atomic E-state index is 12.9. The lowest BCUT2D eigenvalue weighted by atomic mass is 10.2. The zero-order chi connectivity index (χ0) is 25.4. The first-order valence-corrected chi connectivity index (χ1v) is 11.0. The SMILES string of the molecule is C=C(C)CCC.CCCCC(C)=Nc1cc(F)cnc1C.Cc1ccc(OC(F)(F)F)cc1. The molecule has 0 aliphatic carbocycles. The average molecular weight is 469 g/mol. The number of allylic oxidation sites excluding steroid dienone is 1. The Kier molecular flexibility index (Phi) is 14.7. The number of hydrogen-bond acceptors (Lipinski definition) is 3. The fraction of sp³-hybridized carbons (Fsp3) is 0.462. The Labute approximate surface area is 195 Å². The second-order valence-corrected chi connectivity index (χ2v) is 7.78. The van der Waals surface area contributed by atoms with E-state index in [1.54, 1.807) is 19.1 Å². The fourth-order valence-corrected chi connectivity index (χ4v) is 2.47. The molecule has 1 heterocycles. The van der Waals surface area contributed by atoms with E-state index in [0.717, 1.165) is 36.2 Å². The number of halogens is 4. The molecule has 0 N–H and O–H groups in total. The standard InChI is InChI=1S/C12H17FN2.C8H7F3O.C6H12/c1-4-5-6-9(2)15-12-7-11(13)8-14-10(12)3;1-6-2-4-7(5-3-6)12-8(9,10)11;1-4-5-6(2)3/h7-8H,4-6H2,1-3H3;2-5H,1H3;2,4-5H2,1,3H3. The molecule has 0 atom stereocenters. The number of nitrogens with zero attached hydrogens (tertiary/aromatic N) is 2. The highest BCUT2D eigenvalue weighted by Crippen LogP contribution is 2.22. The van der Waals surface area contributed by atoms with Crippen LogP contribution in [0.2, 0.25) is 0 Å². The largest absolute Gasteiger partial charge is 0.573 e. The molecule has 0 radical (unpaired) electrons. The minimum atomic E-state index is -4.60. The molecule has 7 heteroatoms. The van der Waals surface area contributed by atoms with E-state index in [4.69, 9.17) is 0 Å². The van der Waals surface area contributed by atoms with E-state index in [1.807, 2.05) is 13.8 Å². The van der Waals surface area contributed by atoms with Gasteiger partial charge in [0, 0.05) is 11.8 Å². The summed E-state index contributed by atoms with van der Waals surface area (Å²) in [5.41, 5.74) is 4.63. The van der Waals surface area contributed by atoms with Crippen LogP contribution in [0.4, 0.5) is 23.2 Å². The summed E-state index contributed by atoms with van der Waals surface area (Å²) in [4.78, 5) is 8.30. The van der Waals surface area contributed by atoms with Crippen molar-refractivity contribution in [2.24, 2.45) is 4.99 Å². The zero-order valence-electron chi connectivity index (χ0n) is 20.5. The van der Waals surface area contributed by atoms with Crippen molar-refractivity contribution in [2.45, 2.75) is 80.0 Å². The number of unbranched alkanes of at least 4 members (excludes halogenated alkanes) is 1. The first kappa shape index (κ1) is 30.3. The Morgan fingerprint density at radius 2 is 1.64 bits per heavy atom. The van der Waals surface area contributed by atoms with Gasteiger partial charge >= 0.3 is 6.36 Å². The third kappa shape index (κ3) is 16.6. The first-order valence-electron chi connectivity index (χ1n) is 11.0. The Hall–Kier alpha value is -2.70. The summed E-state index contributed by atoms with van der Waals surface area (Å²) < 4.78 is 51.4. The first-order chi connectivity index (χ1) is 15.4. The van der Waals surface area contributed by atoms with Gasteiger partial charge in [0.1, 0.15) is 11.6 Å². The molecule has 0 aliphatic rings. The van der Waals surface area contributed by atoms with E-state index in [2.05, 4.69) is 42.1 Å². The molecule has 0 aliphatic heterocycles. The molecule has 0 spiro atoms. The van der Waals surface area contributed by atoms with Gasteiger partial charge in [-0.3, -0.25) is 9.98 Å². The van der Waals surface area contributed by atoms with Crippen LogP contribution in [0, 0.1) is 19.7 Å². The van der Waals surface area contributed by atoms with Crippen molar-refractivity contribution < 1.29 is 22.3 Å². The van der Waals surface area contributed by atoms with Crippen LogP contribution in [0.25, 0.3) is 0 Å². The number of aryl methyl sites for hydroxylation is 2. The van der Waals surface area contributed by atoms with Gasteiger partial charge in [-0.2, -0.15) is 0 Å². The molecule has 0 saturated carbocycles. The molecule has 0 amide bonds. The number of ether oxygens (including phenoxy) is 1. The minimum absolute atomic E-state index is 0.187. The molecule has 2 aromatic rings. The van der Waals surface area contributed by atoms with E-state index >= 15 is 0 Å². The van der Waals surface area contributed by atoms with Gasteiger partial charge in [-0.15, -0.1) is 19.8 Å². The van der Waals surface area contributed by atoms with Gasteiger partial charge in [-0.05, 0) is 59.1 Å². The predicted octanol–water partition coefficient (Wildman–Crippen LogP) is 9.07. The number of aliphatic imine (C=N–C) groups is 1. The van der Waals surface area contributed by atoms with Crippen LogP contribution in [-0.2, 0) is 0 Å². The van der Waals surface area contributed by atoms with Crippen molar-refractivity contribution in [1.29, 1.82) is 0 Å². The van der Waals surface area contributed by atoms with Crippen LogP contribution in [-0.4, -0.2) is 17.1 Å². The van der Waals surface area contributed by atoms with Crippen LogP contribution < -0.4 is 4.74 Å². The van der Waals surface area contributed by atoms with E-state index < -0.39 is 6.36 Å². The van der Waals surface area contributed by atoms with E-state index in [0.29, 0.717) is 5.69 Å². The molecule has 0 saturated heterocycles.